The van der Waals surface area contributed by atoms with Crippen molar-refractivity contribution in [3.8, 4) is 6.07 Å². The normalized spacial score (nSPS) is 34.1. The zero-order valence-corrected chi connectivity index (χ0v) is 13.4. The Morgan fingerprint density at radius 1 is 1.60 bits per heavy atom. The molecule has 2 aliphatic rings. The summed E-state index contributed by atoms with van der Waals surface area (Å²) in [6, 6.07) is 5.17. The second-order valence-electron chi connectivity index (χ2n) is 6.60. The number of nitriles is 1. The molecule has 0 unspecified atom stereocenters. The summed E-state index contributed by atoms with van der Waals surface area (Å²) in [5, 5.41) is 20.5. The van der Waals surface area contributed by atoms with Gasteiger partial charge in [-0.25, -0.2) is 8.78 Å². The van der Waals surface area contributed by atoms with Gasteiger partial charge in [-0.05, 0) is 19.4 Å². The zero-order valence-electron chi connectivity index (χ0n) is 13.4. The number of rotatable bonds is 3. The smallest absolute Gasteiger partial charge is 0.270 e. The Hall–Kier alpha value is -2.60. The van der Waals surface area contributed by atoms with Crippen LogP contribution in [-0.2, 0) is 10.3 Å². The van der Waals surface area contributed by atoms with E-state index >= 15 is 0 Å². The van der Waals surface area contributed by atoms with Crippen LogP contribution in [-0.4, -0.2) is 30.1 Å². The highest BCUT2D eigenvalue weighted by atomic mass is 19.1. The van der Waals surface area contributed by atoms with Crippen LogP contribution in [0, 0.1) is 38.6 Å². The fourth-order valence-corrected chi connectivity index (χ4v) is 3.61. The van der Waals surface area contributed by atoms with Gasteiger partial charge in [0.15, 0.2) is 0 Å². The minimum atomic E-state index is -1.38. The van der Waals surface area contributed by atoms with Crippen LogP contribution < -0.4 is 5.73 Å². The Balaban J connectivity index is 2.23. The number of nitrogens with two attached hydrogens (primary N) is 1. The van der Waals surface area contributed by atoms with Gasteiger partial charge in [0.25, 0.3) is 5.69 Å². The predicted molar refractivity (Wildman–Crippen MR) is 83.9 cm³/mol. The molecule has 2 aliphatic heterocycles. The number of alkyl halides is 1. The van der Waals surface area contributed by atoms with Gasteiger partial charge in [0.2, 0.25) is 0 Å². The van der Waals surface area contributed by atoms with E-state index in [0.717, 1.165) is 18.2 Å². The lowest BCUT2D eigenvalue weighted by Crippen LogP contribution is -2.50. The first-order valence-electron chi connectivity index (χ1n) is 7.66. The van der Waals surface area contributed by atoms with Gasteiger partial charge in [-0.1, -0.05) is 0 Å². The number of ether oxygens (including phenoxy) is 1. The standard InChI is InChI=1S/C16H16F2N4O3/c1-15(7-19)5-11-13(6-17)25-8-16(11,21-14(15)20)10-4-9(22(23)24)2-3-12(10)18/h2-4,11,13H,5-6,8H2,1H3,(H2,20,21)/t11-,13-,15-,16-/m1/s1. The molecule has 0 amide bonds. The summed E-state index contributed by atoms with van der Waals surface area (Å²) in [6.07, 6.45) is -0.765. The topological polar surface area (TPSA) is 115 Å². The molecule has 0 saturated carbocycles. The van der Waals surface area contributed by atoms with Gasteiger partial charge in [-0.3, -0.25) is 15.1 Å². The molecule has 0 aliphatic carbocycles. The van der Waals surface area contributed by atoms with Gasteiger partial charge < -0.3 is 10.5 Å². The van der Waals surface area contributed by atoms with Crippen LogP contribution in [0.3, 0.4) is 0 Å². The van der Waals surface area contributed by atoms with Crippen LogP contribution in [0.1, 0.15) is 18.9 Å². The summed E-state index contributed by atoms with van der Waals surface area (Å²) in [7, 11) is 0. The fraction of sp³-hybridized carbons (Fsp3) is 0.500. The summed E-state index contributed by atoms with van der Waals surface area (Å²) in [5.41, 5.74) is 3.07. The number of hydrogen-bond donors (Lipinski definition) is 1. The van der Waals surface area contributed by atoms with Crippen LogP contribution >= 0.6 is 0 Å². The molecule has 0 aromatic heterocycles. The van der Waals surface area contributed by atoms with E-state index in [9.17, 15) is 24.2 Å². The SMILES string of the molecule is C[C@]1(C#N)C[C@@H]2[C@@H](CF)OC[C@]2(c2cc([N+](=O)[O-])ccc2F)N=C1N. The summed E-state index contributed by atoms with van der Waals surface area (Å²) in [6.45, 7) is 0.583. The minimum Gasteiger partial charge on any atom is -0.386 e. The number of nitro groups is 1. The number of aliphatic imine (C=N–C) groups is 1. The van der Waals surface area contributed by atoms with E-state index in [1.165, 1.54) is 0 Å². The monoisotopic (exact) mass is 350 g/mol. The van der Waals surface area contributed by atoms with Gasteiger partial charge in [0.05, 0.1) is 23.7 Å². The minimum absolute atomic E-state index is 0.0136. The lowest BCUT2D eigenvalue weighted by atomic mass is 9.66. The van der Waals surface area contributed by atoms with Crippen molar-refractivity contribution in [1.29, 1.82) is 5.26 Å². The van der Waals surface area contributed by atoms with E-state index in [2.05, 4.69) is 11.1 Å². The van der Waals surface area contributed by atoms with Gasteiger partial charge in [-0.15, -0.1) is 0 Å². The Labute approximate surface area is 142 Å². The number of nitro benzene ring substituents is 1. The molecule has 1 aromatic rings. The van der Waals surface area contributed by atoms with E-state index in [-0.39, 0.29) is 30.1 Å². The van der Waals surface area contributed by atoms with E-state index in [1.54, 1.807) is 6.92 Å². The molecule has 2 heterocycles. The van der Waals surface area contributed by atoms with E-state index in [4.69, 9.17) is 10.5 Å². The summed E-state index contributed by atoms with van der Waals surface area (Å²) in [4.78, 5) is 14.8. The molecule has 132 valence electrons. The zero-order chi connectivity index (χ0) is 18.4. The van der Waals surface area contributed by atoms with Gasteiger partial charge in [-0.2, -0.15) is 5.26 Å². The second kappa shape index (κ2) is 5.74. The molecule has 3 rings (SSSR count). The number of nitrogens with zero attached hydrogens (tertiary/aromatic N) is 3. The molecule has 0 radical (unpaired) electrons. The van der Waals surface area contributed by atoms with Crippen molar-refractivity contribution in [3.63, 3.8) is 0 Å². The second-order valence-corrected chi connectivity index (χ2v) is 6.60. The average molecular weight is 350 g/mol. The molecule has 1 fully saturated rings. The van der Waals surface area contributed by atoms with Crippen molar-refractivity contribution in [3.05, 3.63) is 39.7 Å². The van der Waals surface area contributed by atoms with Gasteiger partial charge in [0.1, 0.15) is 29.3 Å². The van der Waals surface area contributed by atoms with Crippen LogP contribution in [0.2, 0.25) is 0 Å². The lowest BCUT2D eigenvalue weighted by molar-refractivity contribution is -0.385. The average Bonchev–Trinajstić information content (AvgIpc) is 2.93. The van der Waals surface area contributed by atoms with Crippen LogP contribution in [0.5, 0.6) is 0 Å². The van der Waals surface area contributed by atoms with E-state index < -0.39 is 40.4 Å². The maximum atomic E-state index is 14.5. The molecule has 2 N–H and O–H groups in total. The van der Waals surface area contributed by atoms with Crippen LogP contribution in [0.4, 0.5) is 14.5 Å². The van der Waals surface area contributed by atoms with Crippen molar-refractivity contribution in [2.45, 2.75) is 25.0 Å². The number of non-ortho nitro benzene ring substituents is 1. The van der Waals surface area contributed by atoms with Gasteiger partial charge >= 0.3 is 0 Å². The Bertz CT molecular complexity index is 809. The summed E-state index contributed by atoms with van der Waals surface area (Å²) < 4.78 is 33.4. The first-order chi connectivity index (χ1) is 11.8. The van der Waals surface area contributed by atoms with Crippen molar-refractivity contribution in [2.75, 3.05) is 13.3 Å². The maximum absolute atomic E-state index is 14.5. The lowest BCUT2D eigenvalue weighted by Gasteiger charge is -2.41. The predicted octanol–water partition coefficient (Wildman–Crippen LogP) is 2.20. The first-order valence-corrected chi connectivity index (χ1v) is 7.66. The molecule has 9 heteroatoms. The molecule has 0 spiro atoms. The van der Waals surface area contributed by atoms with Crippen molar-refractivity contribution < 1.29 is 18.4 Å². The Kier molecular flexibility index (Phi) is 3.95. The molecular weight excluding hydrogens is 334 g/mol. The highest BCUT2D eigenvalue weighted by molar-refractivity contribution is 5.90. The quantitative estimate of drug-likeness (QED) is 0.663. The van der Waals surface area contributed by atoms with Crippen LogP contribution in [0.15, 0.2) is 23.2 Å². The highest BCUT2D eigenvalue weighted by Gasteiger charge is 2.58. The van der Waals surface area contributed by atoms with Crippen molar-refractivity contribution in [2.24, 2.45) is 22.1 Å². The molecule has 7 nitrogen and oxygen atoms in total. The van der Waals surface area contributed by atoms with Crippen molar-refractivity contribution in [1.82, 2.24) is 0 Å². The number of benzene rings is 1. The fourth-order valence-electron chi connectivity index (χ4n) is 3.61. The maximum Gasteiger partial charge on any atom is 0.270 e. The Morgan fingerprint density at radius 2 is 2.32 bits per heavy atom. The number of amidine groups is 1. The van der Waals surface area contributed by atoms with Crippen LogP contribution in [0.25, 0.3) is 0 Å². The molecule has 4 atom stereocenters. The van der Waals surface area contributed by atoms with E-state index in [1.807, 2.05) is 0 Å². The molecule has 1 saturated heterocycles. The third-order valence-corrected chi connectivity index (χ3v) is 5.12. The van der Waals surface area contributed by atoms with E-state index in [0.29, 0.717) is 0 Å². The molecule has 0 bridgehead atoms. The third-order valence-electron chi connectivity index (χ3n) is 5.12. The highest BCUT2D eigenvalue weighted by Crippen LogP contribution is 2.52. The van der Waals surface area contributed by atoms with Crippen molar-refractivity contribution >= 4 is 11.5 Å². The largest absolute Gasteiger partial charge is 0.386 e. The molecule has 1 aromatic carbocycles. The molecule has 25 heavy (non-hydrogen) atoms. The molecular formula is C16H16F2N4O3. The summed E-state index contributed by atoms with van der Waals surface area (Å²) >= 11 is 0. The summed E-state index contributed by atoms with van der Waals surface area (Å²) in [5.74, 6) is -1.39. The van der Waals surface area contributed by atoms with Gasteiger partial charge in [0, 0.05) is 23.6 Å². The number of halogens is 2. The first kappa shape index (κ1) is 17.2. The number of hydrogen-bond acceptors (Lipinski definition) is 6. The Morgan fingerprint density at radius 3 is 2.92 bits per heavy atom. The number of fused-ring (bicyclic) bond motifs is 1. The third kappa shape index (κ3) is 2.44.